The standard InChI is InChI=1S/C24H24N4O2/c1-2-30-23-16-21(17-7-4-3-5-8-17)27-22-15-18(10-11-20(22)23)24(29)25-13-6-9-19-12-14-26-28-19/h3-5,7-8,10-11,14-16H,2,6,9,12-13H2,1H3,(H,25,29). The van der Waals surface area contributed by atoms with Crippen LogP contribution in [0.2, 0.25) is 0 Å². The number of nitrogens with zero attached hydrogens (tertiary/aromatic N) is 3. The fraction of sp³-hybridized carbons (Fsp3) is 0.250. The van der Waals surface area contributed by atoms with Gasteiger partial charge in [0.15, 0.2) is 0 Å². The molecule has 4 rings (SSSR count). The lowest BCUT2D eigenvalue weighted by Crippen LogP contribution is -2.24. The number of pyridine rings is 1. The van der Waals surface area contributed by atoms with Crippen molar-refractivity contribution in [2.24, 2.45) is 10.2 Å². The van der Waals surface area contributed by atoms with Crippen molar-refractivity contribution in [2.75, 3.05) is 13.2 Å². The summed E-state index contributed by atoms with van der Waals surface area (Å²) in [5.74, 6) is 0.666. The van der Waals surface area contributed by atoms with E-state index >= 15 is 0 Å². The first-order valence-corrected chi connectivity index (χ1v) is 10.2. The van der Waals surface area contributed by atoms with Crippen LogP contribution in [0.1, 0.15) is 36.5 Å². The molecule has 1 aliphatic rings. The van der Waals surface area contributed by atoms with Crippen LogP contribution in [0, 0.1) is 0 Å². The summed E-state index contributed by atoms with van der Waals surface area (Å²) >= 11 is 0. The Morgan fingerprint density at radius 1 is 1.13 bits per heavy atom. The number of aromatic nitrogens is 1. The fourth-order valence-corrected chi connectivity index (χ4v) is 3.43. The summed E-state index contributed by atoms with van der Waals surface area (Å²) in [4.78, 5) is 17.4. The summed E-state index contributed by atoms with van der Waals surface area (Å²) in [6.45, 7) is 3.11. The van der Waals surface area contributed by atoms with Crippen LogP contribution in [-0.2, 0) is 0 Å². The van der Waals surface area contributed by atoms with Crippen molar-refractivity contribution >= 4 is 28.7 Å². The second-order valence-electron chi connectivity index (χ2n) is 7.06. The number of nitrogens with one attached hydrogen (secondary N) is 1. The highest BCUT2D eigenvalue weighted by Gasteiger charge is 2.12. The molecule has 3 aromatic rings. The molecule has 6 nitrogen and oxygen atoms in total. The van der Waals surface area contributed by atoms with E-state index in [0.29, 0.717) is 18.7 Å². The maximum Gasteiger partial charge on any atom is 0.251 e. The lowest BCUT2D eigenvalue weighted by Gasteiger charge is -2.12. The van der Waals surface area contributed by atoms with Gasteiger partial charge in [0.1, 0.15) is 5.75 Å². The van der Waals surface area contributed by atoms with E-state index in [1.165, 1.54) is 0 Å². The number of hydrogen-bond acceptors (Lipinski definition) is 5. The Balaban J connectivity index is 1.53. The summed E-state index contributed by atoms with van der Waals surface area (Å²) in [6.07, 6.45) is 4.30. The lowest BCUT2D eigenvalue weighted by molar-refractivity contribution is 0.0953. The first-order chi connectivity index (χ1) is 14.7. The van der Waals surface area contributed by atoms with E-state index in [2.05, 4.69) is 15.5 Å². The molecule has 0 spiro atoms. The van der Waals surface area contributed by atoms with Gasteiger partial charge in [-0.05, 0) is 38.0 Å². The molecule has 6 heteroatoms. The van der Waals surface area contributed by atoms with E-state index in [-0.39, 0.29) is 5.91 Å². The number of carbonyl (C=O) groups excluding carboxylic acids is 1. The summed E-state index contributed by atoms with van der Waals surface area (Å²) in [5, 5.41) is 11.8. The molecule has 1 aliphatic heterocycles. The van der Waals surface area contributed by atoms with Gasteiger partial charge in [-0.25, -0.2) is 4.98 Å². The third kappa shape index (κ3) is 4.54. The van der Waals surface area contributed by atoms with E-state index in [1.807, 2.05) is 61.5 Å². The van der Waals surface area contributed by atoms with Gasteiger partial charge in [-0.3, -0.25) is 4.79 Å². The van der Waals surface area contributed by atoms with E-state index in [4.69, 9.17) is 9.72 Å². The largest absolute Gasteiger partial charge is 0.493 e. The Labute approximate surface area is 175 Å². The van der Waals surface area contributed by atoms with Crippen LogP contribution >= 0.6 is 0 Å². The van der Waals surface area contributed by atoms with Gasteiger partial charge in [-0.1, -0.05) is 30.3 Å². The number of fused-ring (bicyclic) bond motifs is 1. The molecule has 30 heavy (non-hydrogen) atoms. The average molecular weight is 400 g/mol. The molecule has 0 fully saturated rings. The highest BCUT2D eigenvalue weighted by molar-refractivity contribution is 6.00. The van der Waals surface area contributed by atoms with Crippen LogP contribution in [0.5, 0.6) is 5.75 Å². The Hall–Kier alpha value is -3.54. The molecular weight excluding hydrogens is 376 g/mol. The molecule has 2 aromatic carbocycles. The minimum Gasteiger partial charge on any atom is -0.493 e. The van der Waals surface area contributed by atoms with Gasteiger partial charge >= 0.3 is 0 Å². The number of ether oxygens (including phenoxy) is 1. The molecule has 2 heterocycles. The molecule has 0 bridgehead atoms. The topological polar surface area (TPSA) is 75.9 Å². The van der Waals surface area contributed by atoms with Crippen LogP contribution in [0.25, 0.3) is 22.2 Å². The number of carbonyl (C=O) groups is 1. The SMILES string of the molecule is CCOc1cc(-c2ccccc2)nc2cc(C(=O)NCCCC3=NN=CC3)ccc12. The molecule has 0 unspecified atom stereocenters. The molecule has 152 valence electrons. The second-order valence-corrected chi connectivity index (χ2v) is 7.06. The van der Waals surface area contributed by atoms with Crippen LogP contribution in [0.3, 0.4) is 0 Å². The van der Waals surface area contributed by atoms with Crippen molar-refractivity contribution in [3.63, 3.8) is 0 Å². The van der Waals surface area contributed by atoms with Crippen molar-refractivity contribution in [1.29, 1.82) is 0 Å². The molecule has 0 atom stereocenters. The smallest absolute Gasteiger partial charge is 0.251 e. The van der Waals surface area contributed by atoms with Crippen molar-refractivity contribution < 1.29 is 9.53 Å². The van der Waals surface area contributed by atoms with Crippen molar-refractivity contribution in [1.82, 2.24) is 10.3 Å². The highest BCUT2D eigenvalue weighted by Crippen LogP contribution is 2.30. The Morgan fingerprint density at radius 3 is 2.77 bits per heavy atom. The number of hydrogen-bond donors (Lipinski definition) is 1. The van der Waals surface area contributed by atoms with Crippen LogP contribution in [0.4, 0.5) is 0 Å². The van der Waals surface area contributed by atoms with Gasteiger partial charge in [0.05, 0.1) is 17.8 Å². The highest BCUT2D eigenvalue weighted by atomic mass is 16.5. The molecule has 0 saturated heterocycles. The zero-order chi connectivity index (χ0) is 20.8. The van der Waals surface area contributed by atoms with Crippen LogP contribution < -0.4 is 10.1 Å². The van der Waals surface area contributed by atoms with E-state index in [9.17, 15) is 4.79 Å². The third-order valence-corrected chi connectivity index (χ3v) is 4.94. The number of rotatable bonds is 8. The number of benzene rings is 2. The van der Waals surface area contributed by atoms with Crippen molar-refractivity contribution in [3.05, 3.63) is 60.2 Å². The van der Waals surface area contributed by atoms with Gasteiger partial charge in [-0.15, -0.1) is 0 Å². The molecule has 1 amide bonds. The van der Waals surface area contributed by atoms with Gasteiger partial charge < -0.3 is 10.1 Å². The monoisotopic (exact) mass is 400 g/mol. The lowest BCUT2D eigenvalue weighted by atomic mass is 10.1. The Kier molecular flexibility index (Phi) is 6.13. The molecule has 0 saturated carbocycles. The predicted octanol–water partition coefficient (Wildman–Crippen LogP) is 4.64. The normalized spacial score (nSPS) is 12.8. The summed E-state index contributed by atoms with van der Waals surface area (Å²) in [7, 11) is 0. The Bertz CT molecular complexity index is 1110. The first kappa shape index (κ1) is 19.8. The summed E-state index contributed by atoms with van der Waals surface area (Å²) in [6, 6.07) is 17.5. The third-order valence-electron chi connectivity index (χ3n) is 4.94. The predicted molar refractivity (Wildman–Crippen MR) is 120 cm³/mol. The minimum atomic E-state index is -0.105. The second kappa shape index (κ2) is 9.31. The zero-order valence-corrected chi connectivity index (χ0v) is 17.0. The van der Waals surface area contributed by atoms with Crippen LogP contribution in [0.15, 0.2) is 64.8 Å². The van der Waals surface area contributed by atoms with E-state index in [0.717, 1.165) is 52.9 Å². The van der Waals surface area contributed by atoms with E-state index in [1.54, 1.807) is 6.21 Å². The van der Waals surface area contributed by atoms with Gasteiger partial charge in [0, 0.05) is 47.5 Å². The van der Waals surface area contributed by atoms with E-state index < -0.39 is 0 Å². The molecule has 1 N–H and O–H groups in total. The van der Waals surface area contributed by atoms with Gasteiger partial charge in [0.2, 0.25) is 0 Å². The van der Waals surface area contributed by atoms with Crippen molar-refractivity contribution in [3.8, 4) is 17.0 Å². The van der Waals surface area contributed by atoms with Gasteiger partial charge in [0.25, 0.3) is 5.91 Å². The van der Waals surface area contributed by atoms with Crippen molar-refractivity contribution in [2.45, 2.75) is 26.2 Å². The molecule has 0 radical (unpaired) electrons. The molecule has 0 aliphatic carbocycles. The average Bonchev–Trinajstić information content (AvgIpc) is 3.30. The minimum absolute atomic E-state index is 0.105. The van der Waals surface area contributed by atoms with Gasteiger partial charge in [-0.2, -0.15) is 10.2 Å². The zero-order valence-electron chi connectivity index (χ0n) is 17.0. The fourth-order valence-electron chi connectivity index (χ4n) is 3.43. The maximum atomic E-state index is 12.6. The quantitative estimate of drug-likeness (QED) is 0.560. The maximum absolute atomic E-state index is 12.6. The Morgan fingerprint density at radius 2 is 2.00 bits per heavy atom. The van der Waals surface area contributed by atoms with Crippen LogP contribution in [-0.4, -0.2) is 36.0 Å². The summed E-state index contributed by atoms with van der Waals surface area (Å²) < 4.78 is 5.85. The summed E-state index contributed by atoms with van der Waals surface area (Å²) in [5.41, 5.74) is 4.22. The number of amides is 1. The molecule has 1 aromatic heterocycles. The molecular formula is C24H24N4O2. The first-order valence-electron chi connectivity index (χ1n) is 10.2.